The molecule has 0 amide bonds. The van der Waals surface area contributed by atoms with Crippen LogP contribution >= 0.6 is 27.5 Å². The molecule has 1 aliphatic carbocycles. The second-order valence-electron chi connectivity index (χ2n) is 4.11. The number of hydrogen-bond donors (Lipinski definition) is 1. The van der Waals surface area contributed by atoms with Crippen LogP contribution in [0, 0.1) is 0 Å². The molecule has 3 atom stereocenters. The topological polar surface area (TPSA) is 38.9 Å². The number of hydrogen-bond acceptors (Lipinski definition) is 2. The Morgan fingerprint density at radius 3 is 2.87 bits per heavy atom. The summed E-state index contributed by atoms with van der Waals surface area (Å²) in [6.45, 7) is 0. The molecule has 1 aromatic rings. The van der Waals surface area contributed by atoms with Crippen molar-refractivity contribution in [2.75, 3.05) is 0 Å². The van der Waals surface area contributed by atoms with Crippen LogP contribution in [-0.2, 0) is 0 Å². The van der Waals surface area contributed by atoms with Gasteiger partial charge in [-0.3, -0.25) is 0 Å². The summed E-state index contributed by atoms with van der Waals surface area (Å²) < 4.78 is 0. The van der Waals surface area contributed by atoms with Gasteiger partial charge in [0.15, 0.2) is 0 Å². The Bertz CT molecular complexity index is 328. The van der Waals surface area contributed by atoms with Gasteiger partial charge in [0.2, 0.25) is 0 Å². The number of nitrogens with zero attached hydrogens (tertiary/aromatic N) is 1. The van der Waals surface area contributed by atoms with Gasteiger partial charge in [-0.1, -0.05) is 33.6 Å². The molecule has 1 aromatic heterocycles. The van der Waals surface area contributed by atoms with Crippen molar-refractivity contribution in [2.45, 2.75) is 36.0 Å². The molecule has 1 fully saturated rings. The van der Waals surface area contributed by atoms with E-state index in [1.807, 2.05) is 18.3 Å². The number of aromatic nitrogens is 1. The van der Waals surface area contributed by atoms with Crippen LogP contribution in [0.25, 0.3) is 0 Å². The summed E-state index contributed by atoms with van der Waals surface area (Å²) in [5.41, 5.74) is 7.22. The zero-order valence-corrected chi connectivity index (χ0v) is 10.7. The first-order chi connectivity index (χ1) is 7.16. The summed E-state index contributed by atoms with van der Waals surface area (Å²) in [6, 6.07) is 4.21. The minimum atomic E-state index is 0.319. The maximum atomic E-state index is 5.99. The van der Waals surface area contributed by atoms with Gasteiger partial charge in [0.1, 0.15) is 5.15 Å². The molecule has 2 nitrogen and oxygen atoms in total. The highest BCUT2D eigenvalue weighted by Gasteiger charge is 2.28. The van der Waals surface area contributed by atoms with Crippen LogP contribution in [0.4, 0.5) is 0 Å². The Kier molecular flexibility index (Phi) is 3.65. The maximum absolute atomic E-state index is 5.99. The van der Waals surface area contributed by atoms with E-state index in [0.717, 1.165) is 19.3 Å². The van der Waals surface area contributed by atoms with E-state index in [9.17, 15) is 0 Å². The third-order valence-corrected chi connectivity index (χ3v) is 4.30. The molecule has 0 unspecified atom stereocenters. The van der Waals surface area contributed by atoms with Crippen LogP contribution in [0.15, 0.2) is 18.3 Å². The maximum Gasteiger partial charge on any atom is 0.129 e. The van der Waals surface area contributed by atoms with E-state index in [1.54, 1.807) is 0 Å². The highest BCUT2D eigenvalue weighted by atomic mass is 79.9. The summed E-state index contributed by atoms with van der Waals surface area (Å²) in [4.78, 5) is 4.63. The number of rotatable bonds is 1. The van der Waals surface area contributed by atoms with Crippen LogP contribution < -0.4 is 5.73 Å². The van der Waals surface area contributed by atoms with Crippen molar-refractivity contribution in [1.29, 1.82) is 0 Å². The van der Waals surface area contributed by atoms with E-state index in [1.165, 1.54) is 5.56 Å². The van der Waals surface area contributed by atoms with Gasteiger partial charge in [-0.2, -0.15) is 0 Å². The highest BCUT2D eigenvalue weighted by molar-refractivity contribution is 9.09. The van der Waals surface area contributed by atoms with Crippen molar-refractivity contribution in [2.24, 2.45) is 5.73 Å². The van der Waals surface area contributed by atoms with Gasteiger partial charge in [-0.25, -0.2) is 4.98 Å². The van der Waals surface area contributed by atoms with Crippen LogP contribution in [0.2, 0.25) is 5.15 Å². The Morgan fingerprint density at radius 1 is 1.40 bits per heavy atom. The van der Waals surface area contributed by atoms with Crippen LogP contribution in [0.5, 0.6) is 0 Å². The summed E-state index contributed by atoms with van der Waals surface area (Å²) in [6.07, 6.45) is 5.13. The monoisotopic (exact) mass is 288 g/mol. The van der Waals surface area contributed by atoms with Gasteiger partial charge in [-0.15, -0.1) is 0 Å². The molecule has 0 bridgehead atoms. The predicted octanol–water partition coefficient (Wildman–Crippen LogP) is 3.09. The second kappa shape index (κ2) is 4.81. The zero-order valence-electron chi connectivity index (χ0n) is 8.37. The first-order valence-electron chi connectivity index (χ1n) is 5.18. The molecule has 0 spiro atoms. The predicted molar refractivity (Wildman–Crippen MR) is 66.5 cm³/mol. The van der Waals surface area contributed by atoms with Gasteiger partial charge in [-0.05, 0) is 36.8 Å². The fourth-order valence-corrected chi connectivity index (χ4v) is 3.01. The summed E-state index contributed by atoms with van der Waals surface area (Å²) in [5.74, 6) is 0.471. The first-order valence-corrected chi connectivity index (χ1v) is 6.47. The van der Waals surface area contributed by atoms with E-state index in [0.29, 0.717) is 21.9 Å². The molecular weight excluding hydrogens is 275 g/mol. The van der Waals surface area contributed by atoms with Gasteiger partial charge < -0.3 is 5.73 Å². The van der Waals surface area contributed by atoms with Crippen molar-refractivity contribution in [3.05, 3.63) is 29.0 Å². The molecule has 1 saturated carbocycles. The molecule has 1 heterocycles. The fourth-order valence-electron chi connectivity index (χ4n) is 2.12. The SMILES string of the molecule is N[C@H]1CC[C@H](Br)[C@@H](c2ccc(Cl)nc2)C1. The van der Waals surface area contributed by atoms with E-state index >= 15 is 0 Å². The average molecular weight is 290 g/mol. The number of nitrogens with two attached hydrogens (primary N) is 1. The van der Waals surface area contributed by atoms with Gasteiger partial charge in [0, 0.05) is 17.1 Å². The standard InChI is InChI=1S/C11H14BrClN2/c12-10-3-2-8(14)5-9(10)7-1-4-11(13)15-6-7/h1,4,6,8-10H,2-3,5,14H2/t8-,9+,10-/m0/s1. The van der Waals surface area contributed by atoms with Gasteiger partial charge in [0.05, 0.1) is 0 Å². The second-order valence-corrected chi connectivity index (χ2v) is 5.67. The van der Waals surface area contributed by atoms with Crippen molar-refractivity contribution in [3.63, 3.8) is 0 Å². The van der Waals surface area contributed by atoms with Gasteiger partial charge in [0.25, 0.3) is 0 Å². The van der Waals surface area contributed by atoms with E-state index in [2.05, 4.69) is 20.9 Å². The molecule has 1 aliphatic rings. The lowest BCUT2D eigenvalue weighted by Crippen LogP contribution is -2.32. The average Bonchev–Trinajstić information content (AvgIpc) is 2.23. The van der Waals surface area contributed by atoms with Crippen molar-refractivity contribution >= 4 is 27.5 Å². The lowest BCUT2D eigenvalue weighted by atomic mass is 9.82. The van der Waals surface area contributed by atoms with E-state index in [-0.39, 0.29) is 0 Å². The first kappa shape index (κ1) is 11.4. The molecule has 82 valence electrons. The third-order valence-electron chi connectivity index (χ3n) is 2.98. The third kappa shape index (κ3) is 2.71. The minimum absolute atomic E-state index is 0.319. The molecule has 2 N–H and O–H groups in total. The summed E-state index contributed by atoms with van der Waals surface area (Å²) in [5, 5.41) is 0.546. The molecule has 15 heavy (non-hydrogen) atoms. The van der Waals surface area contributed by atoms with Crippen molar-refractivity contribution in [3.8, 4) is 0 Å². The molecule has 4 heteroatoms. The minimum Gasteiger partial charge on any atom is -0.328 e. The molecule has 0 aromatic carbocycles. The van der Waals surface area contributed by atoms with Crippen LogP contribution in [0.3, 0.4) is 0 Å². The zero-order chi connectivity index (χ0) is 10.8. The largest absolute Gasteiger partial charge is 0.328 e. The highest BCUT2D eigenvalue weighted by Crippen LogP contribution is 2.36. The summed E-state index contributed by atoms with van der Waals surface area (Å²) >= 11 is 9.49. The number of pyridine rings is 1. The quantitative estimate of drug-likeness (QED) is 0.637. The summed E-state index contributed by atoms with van der Waals surface area (Å²) in [7, 11) is 0. The molecule has 0 saturated heterocycles. The Morgan fingerprint density at radius 2 is 2.20 bits per heavy atom. The number of halogens is 2. The van der Waals surface area contributed by atoms with E-state index in [4.69, 9.17) is 17.3 Å². The van der Waals surface area contributed by atoms with Crippen molar-refractivity contribution < 1.29 is 0 Å². The van der Waals surface area contributed by atoms with Crippen LogP contribution in [-0.4, -0.2) is 15.9 Å². The Balaban J connectivity index is 2.17. The molecule has 2 rings (SSSR count). The molecular formula is C11H14BrClN2. The molecule has 0 aliphatic heterocycles. The van der Waals surface area contributed by atoms with Gasteiger partial charge >= 0.3 is 0 Å². The fraction of sp³-hybridized carbons (Fsp3) is 0.545. The number of alkyl halides is 1. The Labute approximate surface area is 103 Å². The van der Waals surface area contributed by atoms with E-state index < -0.39 is 0 Å². The van der Waals surface area contributed by atoms with Crippen LogP contribution in [0.1, 0.15) is 30.7 Å². The lowest BCUT2D eigenvalue weighted by molar-refractivity contribution is 0.407. The lowest BCUT2D eigenvalue weighted by Gasteiger charge is -2.31. The normalized spacial score (nSPS) is 31.5. The van der Waals surface area contributed by atoms with Crippen molar-refractivity contribution in [1.82, 2.24) is 4.98 Å². The smallest absolute Gasteiger partial charge is 0.129 e. The Hall–Kier alpha value is -0.120. The molecule has 0 radical (unpaired) electrons.